The van der Waals surface area contributed by atoms with Crippen LogP contribution in [0.2, 0.25) is 0 Å². The normalized spacial score (nSPS) is 32.1. The molecule has 10 unspecified atom stereocenters. The van der Waals surface area contributed by atoms with E-state index in [1.54, 1.807) is 0 Å². The van der Waals surface area contributed by atoms with Crippen molar-refractivity contribution in [1.29, 1.82) is 0 Å². The topological polar surface area (TPSA) is 140 Å². The van der Waals surface area contributed by atoms with E-state index in [1.165, 1.54) is 120 Å². The Morgan fingerprint density at radius 1 is 0.629 bits per heavy atom. The van der Waals surface area contributed by atoms with Crippen molar-refractivity contribution in [3.05, 3.63) is 80.9 Å². The molecule has 10 atom stereocenters. The maximum Gasteiger partial charge on any atom is 0.239 e. The van der Waals surface area contributed by atoms with Crippen molar-refractivity contribution in [3.63, 3.8) is 0 Å². The average molecular weight is 1010 g/mol. The molecule has 8 aliphatic rings. The zero-order valence-electron chi connectivity index (χ0n) is 38.1. The van der Waals surface area contributed by atoms with Crippen LogP contribution in [-0.2, 0) is 88.1 Å². The molecule has 12 nitrogen and oxygen atoms in total. The molecule has 2 aromatic rings. The molecule has 8 fully saturated rings. The number of nitro groups is 1. The molecule has 0 spiro atoms. The summed E-state index contributed by atoms with van der Waals surface area (Å²) in [4.78, 5) is 45.2. The van der Waals surface area contributed by atoms with E-state index in [0.717, 1.165) is 70.0 Å². The first-order chi connectivity index (χ1) is 29.2. The SMILES string of the molecule is CN.C[N+](=O)[O-].Cc1ccccc1CNC1CCC2C3CCCN4CCCC(CN2C1=O)C34.Cc1ccccc1CNC1CCC2C3CCCN4CCCC(CN2C1=O)C34.[HH].[Y].[Y]. The number of aryl methyl sites for hydroxylation is 2. The van der Waals surface area contributed by atoms with Crippen LogP contribution in [0.25, 0.3) is 0 Å². The minimum atomic E-state index is -0.500. The van der Waals surface area contributed by atoms with Gasteiger partial charge in [-0.15, -0.1) is 0 Å². The number of hydrogen-bond acceptors (Lipinski definition) is 9. The third-order valence-electron chi connectivity index (χ3n) is 15.6. The number of hydrogen-bond donors (Lipinski definition) is 3. The second kappa shape index (κ2) is 24.5. The molecule has 8 saturated heterocycles. The molecule has 14 heteroatoms. The summed E-state index contributed by atoms with van der Waals surface area (Å²) in [5.74, 6) is 3.61. The Kier molecular flexibility index (Phi) is 20.5. The van der Waals surface area contributed by atoms with Crippen LogP contribution in [-0.4, -0.2) is 126 Å². The molecule has 2 amide bonds. The predicted octanol–water partition coefficient (Wildman–Crippen LogP) is 5.61. The Bertz CT molecular complexity index is 1650. The largest absolute Gasteiger partial charge is 0.338 e. The molecule has 0 saturated carbocycles. The summed E-state index contributed by atoms with van der Waals surface area (Å²) in [5.41, 5.74) is 9.72. The van der Waals surface area contributed by atoms with Crippen molar-refractivity contribution in [1.82, 2.24) is 30.2 Å². The fourth-order valence-electron chi connectivity index (χ4n) is 13.0. The maximum atomic E-state index is 13.4. The van der Waals surface area contributed by atoms with Gasteiger partial charge in [-0.2, -0.15) is 0 Å². The Balaban J connectivity index is 0.000000236. The fraction of sp³-hybridized carbons (Fsp3) is 0.708. The maximum absolute atomic E-state index is 13.4. The van der Waals surface area contributed by atoms with Crippen molar-refractivity contribution < 1.29 is 81.4 Å². The molecule has 0 bridgehead atoms. The predicted molar refractivity (Wildman–Crippen MR) is 240 cm³/mol. The third-order valence-corrected chi connectivity index (χ3v) is 15.6. The van der Waals surface area contributed by atoms with Gasteiger partial charge in [-0.25, -0.2) is 0 Å². The number of amides is 2. The van der Waals surface area contributed by atoms with Crippen molar-refractivity contribution in [2.24, 2.45) is 29.4 Å². The van der Waals surface area contributed by atoms with E-state index in [9.17, 15) is 9.59 Å². The Hall–Kier alpha value is -1.21. The molecule has 4 N–H and O–H groups in total. The zero-order valence-corrected chi connectivity index (χ0v) is 43.8. The first-order valence-corrected chi connectivity index (χ1v) is 23.5. The van der Waals surface area contributed by atoms with E-state index in [0.29, 0.717) is 35.7 Å². The van der Waals surface area contributed by atoms with Crippen LogP contribution >= 0.6 is 0 Å². The Labute approximate surface area is 423 Å². The molecule has 2 aromatic carbocycles. The molecule has 0 aromatic heterocycles. The third kappa shape index (κ3) is 11.8. The number of benzene rings is 2. The van der Waals surface area contributed by atoms with Gasteiger partial charge < -0.3 is 26.2 Å². The van der Waals surface area contributed by atoms with Gasteiger partial charge >= 0.3 is 0 Å². The van der Waals surface area contributed by atoms with Gasteiger partial charge in [0.05, 0.1) is 12.1 Å². The van der Waals surface area contributed by atoms with Crippen LogP contribution in [0.5, 0.6) is 0 Å². The van der Waals surface area contributed by atoms with E-state index >= 15 is 0 Å². The molecule has 0 aliphatic carbocycles. The Morgan fingerprint density at radius 2 is 0.984 bits per heavy atom. The van der Waals surface area contributed by atoms with Gasteiger partial charge in [0.1, 0.15) is 0 Å². The van der Waals surface area contributed by atoms with Crippen molar-refractivity contribution >= 4 is 11.8 Å². The van der Waals surface area contributed by atoms with E-state index in [2.05, 4.69) is 98.3 Å². The molecule has 8 aliphatic heterocycles. The van der Waals surface area contributed by atoms with Gasteiger partial charge in [-0.3, -0.25) is 29.5 Å². The Morgan fingerprint density at radius 3 is 1.35 bits per heavy atom. The van der Waals surface area contributed by atoms with Crippen LogP contribution in [0, 0.1) is 47.6 Å². The van der Waals surface area contributed by atoms with Crippen molar-refractivity contribution in [3.8, 4) is 0 Å². The van der Waals surface area contributed by atoms with Crippen LogP contribution < -0.4 is 16.4 Å². The van der Waals surface area contributed by atoms with Gasteiger partial charge in [0, 0.05) is 122 Å². The van der Waals surface area contributed by atoms with Crippen LogP contribution in [0.15, 0.2) is 48.5 Å². The average Bonchev–Trinajstić information content (AvgIpc) is 3.26. The number of rotatable bonds is 6. The van der Waals surface area contributed by atoms with E-state index in [-0.39, 0.29) is 78.9 Å². The summed E-state index contributed by atoms with van der Waals surface area (Å²) >= 11 is 0. The molecule has 2 radical (unpaired) electrons. The van der Waals surface area contributed by atoms with Gasteiger partial charge in [0.15, 0.2) is 7.05 Å². The second-order valence-corrected chi connectivity index (χ2v) is 18.9. The first kappa shape index (κ1) is 51.8. The molecule has 10 rings (SSSR count). The van der Waals surface area contributed by atoms with Gasteiger partial charge in [0.2, 0.25) is 11.8 Å². The summed E-state index contributed by atoms with van der Waals surface area (Å²) in [5, 5.41) is 16.0. The quantitative estimate of drug-likeness (QED) is 0.249. The van der Waals surface area contributed by atoms with Crippen molar-refractivity contribution in [2.75, 3.05) is 53.4 Å². The molecular formula is C48H76N8O4Y2. The number of carbonyl (C=O) groups excluding carboxylic acids is 2. The molecule has 62 heavy (non-hydrogen) atoms. The van der Waals surface area contributed by atoms with Crippen LogP contribution in [0.3, 0.4) is 0 Å². The summed E-state index contributed by atoms with van der Waals surface area (Å²) in [6, 6.07) is 19.5. The van der Waals surface area contributed by atoms with Gasteiger partial charge in [0.25, 0.3) is 0 Å². The number of nitrogens with zero attached hydrogens (tertiary/aromatic N) is 5. The number of carbonyl (C=O) groups is 2. The van der Waals surface area contributed by atoms with Crippen LogP contribution in [0.4, 0.5) is 0 Å². The van der Waals surface area contributed by atoms with E-state index in [4.69, 9.17) is 10.1 Å². The molecule has 338 valence electrons. The van der Waals surface area contributed by atoms with E-state index in [1.807, 2.05) is 0 Å². The number of nitrogens with two attached hydrogens (primary N) is 1. The minimum absolute atomic E-state index is 0. The van der Waals surface area contributed by atoms with Crippen molar-refractivity contribution in [2.45, 2.75) is 140 Å². The van der Waals surface area contributed by atoms with Crippen LogP contribution in [0.1, 0.15) is 101 Å². The summed E-state index contributed by atoms with van der Waals surface area (Å²) in [7, 11) is 2.39. The fourth-order valence-corrected chi connectivity index (χ4v) is 13.0. The minimum Gasteiger partial charge on any atom is -0.338 e. The number of piperidine rings is 8. The summed E-state index contributed by atoms with van der Waals surface area (Å²) in [6.07, 6.45) is 14.9. The molecule has 8 heterocycles. The second-order valence-electron chi connectivity index (χ2n) is 18.9. The van der Waals surface area contributed by atoms with Gasteiger partial charge in [-0.05, 0) is 170 Å². The summed E-state index contributed by atoms with van der Waals surface area (Å²) < 4.78 is 0. The zero-order chi connectivity index (χ0) is 42.3. The summed E-state index contributed by atoms with van der Waals surface area (Å²) in [6.45, 7) is 13.1. The molecular weight excluding hydrogens is 930 g/mol. The van der Waals surface area contributed by atoms with Gasteiger partial charge in [-0.1, -0.05) is 48.5 Å². The standard InChI is InChI=1S/2C23H33N3O.CH3NO2.CH5N.2Y.H2/c2*1-16-6-2-3-7-17(16)14-24-20-10-11-21-19-9-5-13-25-12-4-8-18(22(19)25)15-26(21)23(20)27;1-2(3)4;1-2;;;/h2*2-3,6-7,18-22,24H,4-5,8-15H2,1H3;1H3;2H2,1H3;;;1H. The smallest absolute Gasteiger partial charge is 0.239 e. The number of nitrogens with one attached hydrogen (secondary N) is 2. The number of fused-ring (bicyclic) bond motifs is 4. The first-order valence-electron chi connectivity index (χ1n) is 23.5. The van der Waals surface area contributed by atoms with E-state index < -0.39 is 4.92 Å². The monoisotopic (exact) mass is 1010 g/mol.